The highest BCUT2D eigenvalue weighted by Gasteiger charge is 2.24. The Morgan fingerprint density at radius 2 is 1.95 bits per heavy atom. The van der Waals surface area contributed by atoms with Crippen LogP contribution in [0.15, 0.2) is 30.5 Å². The minimum absolute atomic E-state index is 0.0266. The van der Waals surface area contributed by atoms with E-state index in [9.17, 15) is 14.9 Å². The van der Waals surface area contributed by atoms with Gasteiger partial charge in [0.2, 0.25) is 11.5 Å². The number of hydrogen-bond acceptors (Lipinski definition) is 6. The molecule has 7 heteroatoms. The van der Waals surface area contributed by atoms with E-state index in [1.54, 1.807) is 12.1 Å². The number of benzene rings is 1. The number of methoxy groups -OCH3 is 2. The molecule has 0 N–H and O–H groups in total. The van der Waals surface area contributed by atoms with Gasteiger partial charge in [0.15, 0.2) is 5.75 Å². The predicted octanol–water partition coefficient (Wildman–Crippen LogP) is 2.55. The first-order valence-electron chi connectivity index (χ1n) is 6.35. The molecular formula is C15H14N2O5. The van der Waals surface area contributed by atoms with E-state index in [1.165, 1.54) is 26.5 Å². The summed E-state index contributed by atoms with van der Waals surface area (Å²) in [7, 11) is 2.65. The van der Waals surface area contributed by atoms with Crippen molar-refractivity contribution in [3.63, 3.8) is 0 Å². The molecule has 1 aromatic carbocycles. The number of ketones is 1. The minimum atomic E-state index is -0.623. The zero-order chi connectivity index (χ0) is 16.3. The third-order valence-corrected chi connectivity index (χ3v) is 3.07. The average Bonchev–Trinajstić information content (AvgIpc) is 2.52. The van der Waals surface area contributed by atoms with Crippen LogP contribution in [0.5, 0.6) is 11.5 Å². The van der Waals surface area contributed by atoms with Gasteiger partial charge in [-0.3, -0.25) is 19.9 Å². The van der Waals surface area contributed by atoms with Crippen molar-refractivity contribution in [1.82, 2.24) is 4.98 Å². The topological polar surface area (TPSA) is 91.6 Å². The summed E-state index contributed by atoms with van der Waals surface area (Å²) in [6.07, 6.45) is 1.51. The van der Waals surface area contributed by atoms with Crippen LogP contribution in [-0.4, -0.2) is 29.9 Å². The van der Waals surface area contributed by atoms with E-state index in [4.69, 9.17) is 9.47 Å². The zero-order valence-electron chi connectivity index (χ0n) is 12.3. The molecular weight excluding hydrogens is 288 g/mol. The molecule has 2 aromatic rings. The van der Waals surface area contributed by atoms with Crippen LogP contribution in [-0.2, 0) is 0 Å². The Morgan fingerprint density at radius 3 is 2.50 bits per heavy atom. The van der Waals surface area contributed by atoms with Crippen molar-refractivity contribution in [3.8, 4) is 11.5 Å². The molecule has 0 aliphatic carbocycles. The number of carbonyl (C=O) groups excluding carboxylic acids is 1. The molecule has 0 unspecified atom stereocenters. The second kappa shape index (κ2) is 6.21. The number of hydrogen-bond donors (Lipinski definition) is 0. The smallest absolute Gasteiger partial charge is 0.315 e. The predicted molar refractivity (Wildman–Crippen MR) is 78.6 cm³/mol. The van der Waals surface area contributed by atoms with Gasteiger partial charge in [0.05, 0.1) is 19.1 Å². The van der Waals surface area contributed by atoms with Gasteiger partial charge in [0, 0.05) is 17.8 Å². The van der Waals surface area contributed by atoms with Crippen molar-refractivity contribution < 1.29 is 19.2 Å². The van der Waals surface area contributed by atoms with Crippen molar-refractivity contribution in [1.29, 1.82) is 0 Å². The third kappa shape index (κ3) is 2.88. The Bertz CT molecular complexity index is 743. The molecule has 7 nitrogen and oxygen atoms in total. The van der Waals surface area contributed by atoms with Gasteiger partial charge in [0.1, 0.15) is 5.69 Å². The average molecular weight is 302 g/mol. The van der Waals surface area contributed by atoms with Gasteiger partial charge in [-0.25, -0.2) is 0 Å². The summed E-state index contributed by atoms with van der Waals surface area (Å²) in [6, 6.07) is 5.94. The van der Waals surface area contributed by atoms with E-state index in [2.05, 4.69) is 4.98 Å². The fraction of sp³-hybridized carbons (Fsp3) is 0.200. The van der Waals surface area contributed by atoms with Crippen molar-refractivity contribution in [2.45, 2.75) is 6.92 Å². The standard InChI is InChI=1S/C15H14N2O5/c1-9-4-5-16-11(6-9)14(18)10-7-12(17(19)20)15(22-3)13(8-10)21-2/h4-8H,1-3H3. The molecule has 0 atom stereocenters. The normalized spacial score (nSPS) is 10.1. The lowest BCUT2D eigenvalue weighted by molar-refractivity contribution is -0.385. The lowest BCUT2D eigenvalue weighted by Gasteiger charge is -2.10. The van der Waals surface area contributed by atoms with Gasteiger partial charge in [-0.05, 0) is 30.7 Å². The number of pyridine rings is 1. The number of rotatable bonds is 5. The Hall–Kier alpha value is -2.96. The molecule has 1 heterocycles. The molecule has 1 aromatic heterocycles. The van der Waals surface area contributed by atoms with E-state index in [1.807, 2.05) is 6.92 Å². The minimum Gasteiger partial charge on any atom is -0.493 e. The number of nitro groups is 1. The van der Waals surface area contributed by atoms with Gasteiger partial charge in [0.25, 0.3) is 0 Å². The van der Waals surface area contributed by atoms with Crippen molar-refractivity contribution in [2.75, 3.05) is 14.2 Å². The quantitative estimate of drug-likeness (QED) is 0.479. The summed E-state index contributed by atoms with van der Waals surface area (Å²) in [6.45, 7) is 1.83. The molecule has 0 aliphatic heterocycles. The van der Waals surface area contributed by atoms with E-state index in [0.29, 0.717) is 0 Å². The third-order valence-electron chi connectivity index (χ3n) is 3.07. The lowest BCUT2D eigenvalue weighted by Crippen LogP contribution is -2.07. The van der Waals surface area contributed by atoms with Gasteiger partial charge in [-0.1, -0.05) is 0 Å². The van der Waals surface area contributed by atoms with Crippen LogP contribution in [0.25, 0.3) is 0 Å². The maximum atomic E-state index is 12.5. The van der Waals surface area contributed by atoms with Crippen LogP contribution in [0.4, 0.5) is 5.69 Å². The van der Waals surface area contributed by atoms with Crippen molar-refractivity contribution in [3.05, 3.63) is 57.4 Å². The maximum absolute atomic E-state index is 12.5. The molecule has 0 radical (unpaired) electrons. The highest BCUT2D eigenvalue weighted by atomic mass is 16.6. The molecule has 114 valence electrons. The molecule has 0 amide bonds. The first kappa shape index (κ1) is 15.4. The largest absolute Gasteiger partial charge is 0.493 e. The van der Waals surface area contributed by atoms with Gasteiger partial charge >= 0.3 is 5.69 Å². The molecule has 0 fully saturated rings. The number of nitro benzene ring substituents is 1. The van der Waals surface area contributed by atoms with E-state index in [0.717, 1.165) is 11.6 Å². The molecule has 2 rings (SSSR count). The maximum Gasteiger partial charge on any atom is 0.315 e. The number of aromatic nitrogens is 1. The number of nitrogens with zero attached hydrogens (tertiary/aromatic N) is 2. The molecule has 0 aliphatic rings. The molecule has 0 bridgehead atoms. The first-order chi connectivity index (χ1) is 10.5. The monoisotopic (exact) mass is 302 g/mol. The van der Waals surface area contributed by atoms with Gasteiger partial charge in [-0.2, -0.15) is 0 Å². The second-order valence-electron chi connectivity index (χ2n) is 4.54. The Balaban J connectivity index is 2.58. The second-order valence-corrected chi connectivity index (χ2v) is 4.54. The fourth-order valence-corrected chi connectivity index (χ4v) is 2.02. The van der Waals surface area contributed by atoms with E-state index < -0.39 is 10.7 Å². The van der Waals surface area contributed by atoms with Crippen molar-refractivity contribution >= 4 is 11.5 Å². The molecule has 22 heavy (non-hydrogen) atoms. The van der Waals surface area contributed by atoms with E-state index in [-0.39, 0.29) is 28.4 Å². The summed E-state index contributed by atoms with van der Waals surface area (Å²) in [5, 5.41) is 11.2. The Kier molecular flexibility index (Phi) is 4.36. The van der Waals surface area contributed by atoms with Gasteiger partial charge in [-0.15, -0.1) is 0 Å². The summed E-state index contributed by atoms with van der Waals surface area (Å²) in [5.41, 5.74) is 0.857. The summed E-state index contributed by atoms with van der Waals surface area (Å²) >= 11 is 0. The lowest BCUT2D eigenvalue weighted by atomic mass is 10.0. The SMILES string of the molecule is COc1cc(C(=O)c2cc(C)ccn2)cc([N+](=O)[O-])c1OC. The van der Waals surface area contributed by atoms with E-state index >= 15 is 0 Å². The molecule has 0 spiro atoms. The highest BCUT2D eigenvalue weighted by Crippen LogP contribution is 2.38. The van der Waals surface area contributed by atoms with Crippen LogP contribution in [0.1, 0.15) is 21.6 Å². The number of aryl methyl sites for hydroxylation is 1. The van der Waals surface area contributed by atoms with Gasteiger partial charge < -0.3 is 9.47 Å². The Labute approximate surface area is 126 Å². The zero-order valence-corrected chi connectivity index (χ0v) is 12.3. The van der Waals surface area contributed by atoms with Crippen LogP contribution in [0.2, 0.25) is 0 Å². The summed E-state index contributed by atoms with van der Waals surface area (Å²) in [4.78, 5) is 27.0. The molecule has 0 saturated heterocycles. The van der Waals surface area contributed by atoms with Crippen molar-refractivity contribution in [2.24, 2.45) is 0 Å². The highest BCUT2D eigenvalue weighted by molar-refractivity contribution is 6.08. The fourth-order valence-electron chi connectivity index (χ4n) is 2.02. The number of carbonyl (C=O) groups is 1. The summed E-state index contributed by atoms with van der Waals surface area (Å²) in [5.74, 6) is -0.332. The van der Waals surface area contributed by atoms with Crippen LogP contribution < -0.4 is 9.47 Å². The molecule has 0 saturated carbocycles. The summed E-state index contributed by atoms with van der Waals surface area (Å²) < 4.78 is 10.1. The van der Waals surface area contributed by atoms with Crippen LogP contribution in [0.3, 0.4) is 0 Å². The number of ether oxygens (including phenoxy) is 2. The first-order valence-corrected chi connectivity index (χ1v) is 6.35. The van der Waals surface area contributed by atoms with Crippen LogP contribution in [0, 0.1) is 17.0 Å². The van der Waals surface area contributed by atoms with Crippen LogP contribution >= 0.6 is 0 Å². The Morgan fingerprint density at radius 1 is 1.23 bits per heavy atom.